The zero-order valence-electron chi connectivity index (χ0n) is 10.3. The van der Waals surface area contributed by atoms with Gasteiger partial charge in [0.05, 0.1) is 22.6 Å². The Balaban J connectivity index is 1.71. The number of carbonyl (C=O) groups excluding carboxylic acids is 1. The summed E-state index contributed by atoms with van der Waals surface area (Å²) in [6.45, 7) is 0.354. The van der Waals surface area contributed by atoms with E-state index in [-0.39, 0.29) is 19.0 Å². The molecule has 2 atom stereocenters. The van der Waals surface area contributed by atoms with E-state index in [9.17, 15) is 15.0 Å². The molecule has 0 bridgehead atoms. The highest BCUT2D eigenvalue weighted by atomic mass is 32.1. The van der Waals surface area contributed by atoms with Crippen molar-refractivity contribution in [3.05, 3.63) is 22.5 Å². The molecule has 0 radical (unpaired) electrons. The Bertz CT molecular complexity index is 795. The summed E-state index contributed by atoms with van der Waals surface area (Å²) in [5.74, 6) is -0.160. The van der Waals surface area contributed by atoms with Crippen molar-refractivity contribution in [3.8, 4) is 0 Å². The fourth-order valence-corrected chi connectivity index (χ4v) is 4.21. The van der Waals surface area contributed by atoms with E-state index in [1.54, 1.807) is 11.3 Å². The highest BCUT2D eigenvalue weighted by molar-refractivity contribution is 7.21. The smallest absolute Gasteiger partial charge is 0.264 e. The first-order chi connectivity index (χ1) is 9.63. The van der Waals surface area contributed by atoms with Crippen LogP contribution in [0.1, 0.15) is 9.67 Å². The van der Waals surface area contributed by atoms with Gasteiger partial charge in [-0.25, -0.2) is 4.98 Å². The number of aromatic nitrogens is 2. The van der Waals surface area contributed by atoms with Crippen LogP contribution in [0, 0.1) is 0 Å². The molecule has 0 saturated carbocycles. The van der Waals surface area contributed by atoms with Gasteiger partial charge in [0.15, 0.2) is 4.96 Å². The molecule has 0 spiro atoms. The highest BCUT2D eigenvalue weighted by Crippen LogP contribution is 2.29. The largest absolute Gasteiger partial charge is 0.388 e. The Hall–Kier alpha value is -1.48. The fourth-order valence-electron chi connectivity index (χ4n) is 2.44. The Kier molecular flexibility index (Phi) is 2.61. The van der Waals surface area contributed by atoms with E-state index in [0.717, 1.165) is 15.3 Å². The number of imidazole rings is 1. The Morgan fingerprint density at radius 2 is 2.10 bits per heavy atom. The summed E-state index contributed by atoms with van der Waals surface area (Å²) < 4.78 is 1.96. The lowest BCUT2D eigenvalue weighted by Crippen LogP contribution is -2.29. The van der Waals surface area contributed by atoms with Crippen LogP contribution in [-0.2, 0) is 0 Å². The molecule has 0 aliphatic carbocycles. The number of amides is 1. The second-order valence-corrected chi connectivity index (χ2v) is 6.72. The first-order valence-electron chi connectivity index (χ1n) is 6.14. The average Bonchev–Trinajstić information content (AvgIpc) is 3.11. The second kappa shape index (κ2) is 4.26. The lowest BCUT2D eigenvalue weighted by atomic mass is 10.3. The van der Waals surface area contributed by atoms with Crippen LogP contribution in [0.4, 0.5) is 0 Å². The quantitative estimate of drug-likeness (QED) is 0.696. The third-order valence-corrected chi connectivity index (χ3v) is 5.26. The number of likely N-dealkylation sites (tertiary alicyclic amines) is 1. The third-order valence-electron chi connectivity index (χ3n) is 3.50. The van der Waals surface area contributed by atoms with Gasteiger partial charge in [0.2, 0.25) is 0 Å². The van der Waals surface area contributed by atoms with Crippen molar-refractivity contribution in [1.82, 2.24) is 14.3 Å². The van der Waals surface area contributed by atoms with E-state index in [2.05, 4.69) is 4.98 Å². The molecule has 4 rings (SSSR count). The summed E-state index contributed by atoms with van der Waals surface area (Å²) in [5, 5.41) is 21.0. The zero-order valence-corrected chi connectivity index (χ0v) is 11.9. The molecule has 6 nitrogen and oxygen atoms in total. The predicted octanol–water partition coefficient (Wildman–Crippen LogP) is 0.788. The molecule has 1 amide bonds. The Morgan fingerprint density at radius 3 is 2.85 bits per heavy atom. The topological polar surface area (TPSA) is 78.1 Å². The average molecular weight is 309 g/mol. The molecule has 1 fully saturated rings. The van der Waals surface area contributed by atoms with Crippen LogP contribution in [0.5, 0.6) is 0 Å². The van der Waals surface area contributed by atoms with E-state index in [1.165, 1.54) is 16.2 Å². The van der Waals surface area contributed by atoms with Crippen LogP contribution in [0.15, 0.2) is 17.6 Å². The summed E-state index contributed by atoms with van der Waals surface area (Å²) in [5.41, 5.74) is 0.926. The minimum atomic E-state index is -0.853. The van der Waals surface area contributed by atoms with Gasteiger partial charge in [-0.05, 0) is 6.07 Å². The minimum absolute atomic E-state index is 0.160. The molecule has 2 unspecified atom stereocenters. The minimum Gasteiger partial charge on any atom is -0.388 e. The van der Waals surface area contributed by atoms with Crippen LogP contribution in [0.25, 0.3) is 15.3 Å². The molecular formula is C12H11N3O3S2. The van der Waals surface area contributed by atoms with Gasteiger partial charge in [-0.1, -0.05) is 0 Å². The van der Waals surface area contributed by atoms with Gasteiger partial charge in [0.1, 0.15) is 4.83 Å². The summed E-state index contributed by atoms with van der Waals surface area (Å²) >= 11 is 2.90. The number of thiazole rings is 1. The molecule has 1 aliphatic heterocycles. The number of aliphatic hydroxyl groups is 2. The van der Waals surface area contributed by atoms with Crippen molar-refractivity contribution in [1.29, 1.82) is 0 Å². The highest BCUT2D eigenvalue weighted by Gasteiger charge is 2.33. The molecule has 104 valence electrons. The molecule has 3 aromatic rings. The summed E-state index contributed by atoms with van der Waals surface area (Å²) in [4.78, 5) is 20.6. The van der Waals surface area contributed by atoms with E-state index in [4.69, 9.17) is 0 Å². The van der Waals surface area contributed by atoms with Crippen LogP contribution in [0.2, 0.25) is 0 Å². The summed E-state index contributed by atoms with van der Waals surface area (Å²) in [6, 6.07) is 1.83. The molecular weight excluding hydrogens is 298 g/mol. The number of hydrogen-bond acceptors (Lipinski definition) is 6. The van der Waals surface area contributed by atoms with Crippen molar-refractivity contribution in [2.45, 2.75) is 12.2 Å². The maximum atomic E-state index is 12.4. The monoisotopic (exact) mass is 309 g/mol. The number of hydrogen-bond donors (Lipinski definition) is 2. The molecule has 1 saturated heterocycles. The molecule has 20 heavy (non-hydrogen) atoms. The van der Waals surface area contributed by atoms with Crippen molar-refractivity contribution in [2.24, 2.45) is 0 Å². The summed E-state index contributed by atoms with van der Waals surface area (Å²) in [7, 11) is 0. The van der Waals surface area contributed by atoms with Crippen molar-refractivity contribution in [3.63, 3.8) is 0 Å². The first-order valence-corrected chi connectivity index (χ1v) is 7.83. The number of β-amino-alcohol motifs (C(OH)–C–C–N with tert-alkyl or cyclic N) is 2. The van der Waals surface area contributed by atoms with Crippen LogP contribution in [-0.4, -0.2) is 55.7 Å². The fraction of sp³-hybridized carbons (Fsp3) is 0.333. The van der Waals surface area contributed by atoms with Crippen molar-refractivity contribution < 1.29 is 15.0 Å². The molecule has 2 N–H and O–H groups in total. The third kappa shape index (κ3) is 1.69. The van der Waals surface area contributed by atoms with Gasteiger partial charge in [-0.15, -0.1) is 22.7 Å². The van der Waals surface area contributed by atoms with E-state index in [1.807, 2.05) is 22.0 Å². The maximum absolute atomic E-state index is 12.4. The van der Waals surface area contributed by atoms with E-state index < -0.39 is 12.2 Å². The lowest BCUT2D eigenvalue weighted by molar-refractivity contribution is 0.0572. The van der Waals surface area contributed by atoms with E-state index in [0.29, 0.717) is 4.88 Å². The van der Waals surface area contributed by atoms with Crippen molar-refractivity contribution >= 4 is 43.9 Å². The second-order valence-electron chi connectivity index (χ2n) is 4.81. The van der Waals surface area contributed by atoms with E-state index >= 15 is 0 Å². The van der Waals surface area contributed by atoms with Gasteiger partial charge >= 0.3 is 0 Å². The van der Waals surface area contributed by atoms with Crippen LogP contribution in [0.3, 0.4) is 0 Å². The molecule has 1 aliphatic rings. The molecule has 8 heteroatoms. The maximum Gasteiger partial charge on any atom is 0.264 e. The normalized spacial score (nSPS) is 23.2. The molecule has 4 heterocycles. The number of carbonyl (C=O) groups is 1. The Labute approximate surface area is 121 Å². The standard InChI is InChI=1S/C12H11N3O3S2/c16-7-4-14(5-8(7)17)11(18)9-3-6-10(20-9)13-12-15(6)1-2-19-12/h1-3,7-8,16-17H,4-5H2. The van der Waals surface area contributed by atoms with Crippen LogP contribution >= 0.6 is 22.7 Å². The molecule has 3 aromatic heterocycles. The lowest BCUT2D eigenvalue weighted by Gasteiger charge is -2.13. The number of fused-ring (bicyclic) bond motifs is 3. The number of thiophene rings is 1. The van der Waals surface area contributed by atoms with Gasteiger partial charge < -0.3 is 15.1 Å². The van der Waals surface area contributed by atoms with Gasteiger partial charge in [0.25, 0.3) is 5.91 Å². The number of rotatable bonds is 1. The van der Waals surface area contributed by atoms with Crippen molar-refractivity contribution in [2.75, 3.05) is 13.1 Å². The van der Waals surface area contributed by atoms with Gasteiger partial charge in [-0.2, -0.15) is 0 Å². The number of aliphatic hydroxyl groups excluding tert-OH is 2. The van der Waals surface area contributed by atoms with Crippen LogP contribution < -0.4 is 0 Å². The zero-order chi connectivity index (χ0) is 13.9. The van der Waals surface area contributed by atoms with Gasteiger partial charge in [0, 0.05) is 24.7 Å². The Morgan fingerprint density at radius 1 is 1.35 bits per heavy atom. The number of nitrogens with zero attached hydrogens (tertiary/aromatic N) is 3. The van der Waals surface area contributed by atoms with Gasteiger partial charge in [-0.3, -0.25) is 9.20 Å². The molecule has 0 aromatic carbocycles. The summed E-state index contributed by atoms with van der Waals surface area (Å²) in [6.07, 6.45) is 0.223. The predicted molar refractivity (Wildman–Crippen MR) is 76.4 cm³/mol. The SMILES string of the molecule is O=C(c1cc2c(nc3sccn32)s1)N1CC(O)C(O)C1. The first kappa shape index (κ1) is 12.3.